The fourth-order valence-electron chi connectivity index (χ4n) is 2.21. The zero-order valence-corrected chi connectivity index (χ0v) is 11.8. The Balaban J connectivity index is 1.98. The molecule has 0 saturated heterocycles. The van der Waals surface area contributed by atoms with E-state index in [1.165, 1.54) is 24.9 Å². The molecule has 0 unspecified atom stereocenters. The largest absolute Gasteiger partial charge is 0.296 e. The third-order valence-electron chi connectivity index (χ3n) is 3.79. The standard InChI is InChI=1S/C15H23NS/c1-13(2)16(11-15(12-17)8-9-15)10-14-6-4-3-5-7-14/h3-7,13,17H,8-12H2,1-2H3. The number of nitrogens with zero attached hydrogens (tertiary/aromatic N) is 1. The van der Waals surface area contributed by atoms with Crippen LogP contribution in [0.4, 0.5) is 0 Å². The van der Waals surface area contributed by atoms with Gasteiger partial charge in [0.2, 0.25) is 0 Å². The Hall–Kier alpha value is -0.470. The van der Waals surface area contributed by atoms with Crippen LogP contribution in [-0.2, 0) is 6.54 Å². The summed E-state index contributed by atoms with van der Waals surface area (Å²) in [6, 6.07) is 11.4. The number of hydrogen-bond acceptors (Lipinski definition) is 2. The molecule has 1 aromatic rings. The Bertz CT molecular complexity index is 343. The Kier molecular flexibility index (Phi) is 4.16. The third-order valence-corrected chi connectivity index (χ3v) is 4.46. The van der Waals surface area contributed by atoms with E-state index in [-0.39, 0.29) is 0 Å². The van der Waals surface area contributed by atoms with Crippen molar-refractivity contribution in [3.8, 4) is 0 Å². The molecule has 1 saturated carbocycles. The van der Waals surface area contributed by atoms with Gasteiger partial charge in [-0.1, -0.05) is 30.3 Å². The van der Waals surface area contributed by atoms with E-state index in [0.29, 0.717) is 11.5 Å². The molecule has 1 aliphatic carbocycles. The maximum atomic E-state index is 4.51. The minimum atomic E-state index is 0.516. The molecule has 1 fully saturated rings. The van der Waals surface area contributed by atoms with Gasteiger partial charge in [0, 0.05) is 19.1 Å². The van der Waals surface area contributed by atoms with Crippen LogP contribution in [0.3, 0.4) is 0 Å². The van der Waals surface area contributed by atoms with E-state index in [9.17, 15) is 0 Å². The van der Waals surface area contributed by atoms with Crippen molar-refractivity contribution in [1.82, 2.24) is 4.90 Å². The third kappa shape index (κ3) is 3.49. The minimum Gasteiger partial charge on any atom is -0.296 e. The predicted molar refractivity (Wildman–Crippen MR) is 77.5 cm³/mol. The molecule has 0 radical (unpaired) electrons. The summed E-state index contributed by atoms with van der Waals surface area (Å²) < 4.78 is 0. The van der Waals surface area contributed by atoms with Crippen molar-refractivity contribution in [2.45, 2.75) is 39.3 Å². The molecule has 0 spiro atoms. The van der Waals surface area contributed by atoms with Crippen LogP contribution in [0.1, 0.15) is 32.3 Å². The van der Waals surface area contributed by atoms with Gasteiger partial charge in [-0.15, -0.1) is 0 Å². The maximum absolute atomic E-state index is 4.51. The van der Waals surface area contributed by atoms with Crippen LogP contribution in [0.25, 0.3) is 0 Å². The van der Waals surface area contributed by atoms with Crippen LogP contribution in [0.2, 0.25) is 0 Å². The molecule has 0 aliphatic heterocycles. The summed E-state index contributed by atoms with van der Waals surface area (Å²) in [6.45, 7) is 6.84. The molecule has 0 N–H and O–H groups in total. The van der Waals surface area contributed by atoms with E-state index >= 15 is 0 Å². The monoisotopic (exact) mass is 249 g/mol. The molecule has 1 aliphatic rings. The van der Waals surface area contributed by atoms with Crippen molar-refractivity contribution in [1.29, 1.82) is 0 Å². The van der Waals surface area contributed by atoms with E-state index in [4.69, 9.17) is 0 Å². The van der Waals surface area contributed by atoms with Gasteiger partial charge in [-0.3, -0.25) is 4.90 Å². The van der Waals surface area contributed by atoms with E-state index in [2.05, 4.69) is 61.7 Å². The topological polar surface area (TPSA) is 3.24 Å². The average Bonchev–Trinajstić information content (AvgIpc) is 3.10. The highest BCUT2D eigenvalue weighted by Crippen LogP contribution is 2.47. The average molecular weight is 249 g/mol. The van der Waals surface area contributed by atoms with Crippen molar-refractivity contribution in [2.75, 3.05) is 12.3 Å². The second-order valence-corrected chi connectivity index (χ2v) is 5.96. The number of benzene rings is 1. The van der Waals surface area contributed by atoms with Gasteiger partial charge in [-0.25, -0.2) is 0 Å². The normalized spacial score (nSPS) is 17.7. The fourth-order valence-corrected chi connectivity index (χ4v) is 2.63. The van der Waals surface area contributed by atoms with Crippen LogP contribution in [0, 0.1) is 5.41 Å². The summed E-state index contributed by atoms with van der Waals surface area (Å²) in [4.78, 5) is 2.58. The van der Waals surface area contributed by atoms with Gasteiger partial charge in [0.25, 0.3) is 0 Å². The van der Waals surface area contributed by atoms with Gasteiger partial charge >= 0.3 is 0 Å². The number of hydrogen-bond donors (Lipinski definition) is 1. The van der Waals surface area contributed by atoms with Crippen LogP contribution in [0.5, 0.6) is 0 Å². The lowest BCUT2D eigenvalue weighted by atomic mass is 10.1. The summed E-state index contributed by atoms with van der Waals surface area (Å²) in [5, 5.41) is 0. The van der Waals surface area contributed by atoms with Crippen LogP contribution in [0.15, 0.2) is 30.3 Å². The SMILES string of the molecule is CC(C)N(Cc1ccccc1)CC1(CS)CC1. The number of rotatable bonds is 6. The molecule has 0 atom stereocenters. The smallest absolute Gasteiger partial charge is 0.0236 e. The lowest BCUT2D eigenvalue weighted by Crippen LogP contribution is -2.36. The molecular weight excluding hydrogens is 226 g/mol. The van der Waals surface area contributed by atoms with E-state index in [0.717, 1.165) is 12.3 Å². The second-order valence-electron chi connectivity index (χ2n) is 5.64. The Morgan fingerprint density at radius 2 is 1.88 bits per heavy atom. The van der Waals surface area contributed by atoms with Gasteiger partial charge in [-0.05, 0) is 43.4 Å². The highest BCUT2D eigenvalue weighted by atomic mass is 32.1. The van der Waals surface area contributed by atoms with Gasteiger partial charge in [0.1, 0.15) is 0 Å². The predicted octanol–water partition coefficient (Wildman–Crippen LogP) is 3.61. The number of thiol groups is 1. The first-order chi connectivity index (χ1) is 8.15. The second kappa shape index (κ2) is 5.45. The summed E-state index contributed by atoms with van der Waals surface area (Å²) in [6.07, 6.45) is 2.71. The summed E-state index contributed by atoms with van der Waals surface area (Å²) in [5.74, 6) is 1.03. The Labute approximate surface area is 111 Å². The molecule has 0 aromatic heterocycles. The molecule has 1 nitrogen and oxygen atoms in total. The van der Waals surface area contributed by atoms with Crippen molar-refractivity contribution < 1.29 is 0 Å². The van der Waals surface area contributed by atoms with Crippen molar-refractivity contribution in [2.24, 2.45) is 5.41 Å². The van der Waals surface area contributed by atoms with E-state index in [1.807, 2.05) is 0 Å². The Morgan fingerprint density at radius 3 is 2.35 bits per heavy atom. The van der Waals surface area contributed by atoms with E-state index < -0.39 is 0 Å². The molecule has 0 bridgehead atoms. The quantitative estimate of drug-likeness (QED) is 0.754. The first-order valence-electron chi connectivity index (χ1n) is 6.54. The highest BCUT2D eigenvalue weighted by molar-refractivity contribution is 7.80. The zero-order valence-electron chi connectivity index (χ0n) is 10.9. The Morgan fingerprint density at radius 1 is 1.24 bits per heavy atom. The first-order valence-corrected chi connectivity index (χ1v) is 7.17. The molecule has 0 heterocycles. The molecular formula is C15H23NS. The summed E-state index contributed by atoms with van der Waals surface area (Å²) >= 11 is 4.51. The van der Waals surface area contributed by atoms with Crippen molar-refractivity contribution in [3.63, 3.8) is 0 Å². The van der Waals surface area contributed by atoms with Gasteiger partial charge in [-0.2, -0.15) is 12.6 Å². The molecule has 0 amide bonds. The molecule has 2 heteroatoms. The van der Waals surface area contributed by atoms with Crippen LogP contribution in [-0.4, -0.2) is 23.2 Å². The lowest BCUT2D eigenvalue weighted by Gasteiger charge is -2.30. The van der Waals surface area contributed by atoms with Gasteiger partial charge in [0.05, 0.1) is 0 Å². The molecule has 17 heavy (non-hydrogen) atoms. The minimum absolute atomic E-state index is 0.516. The van der Waals surface area contributed by atoms with Crippen LogP contribution >= 0.6 is 12.6 Å². The lowest BCUT2D eigenvalue weighted by molar-refractivity contribution is 0.177. The van der Waals surface area contributed by atoms with E-state index in [1.54, 1.807) is 0 Å². The maximum Gasteiger partial charge on any atom is 0.0236 e. The van der Waals surface area contributed by atoms with Crippen molar-refractivity contribution >= 4 is 12.6 Å². The van der Waals surface area contributed by atoms with Crippen molar-refractivity contribution in [3.05, 3.63) is 35.9 Å². The van der Waals surface area contributed by atoms with Gasteiger partial charge < -0.3 is 0 Å². The van der Waals surface area contributed by atoms with Gasteiger partial charge in [0.15, 0.2) is 0 Å². The zero-order chi connectivity index (χ0) is 12.3. The highest BCUT2D eigenvalue weighted by Gasteiger charge is 2.42. The fraction of sp³-hybridized carbons (Fsp3) is 0.600. The molecule has 94 valence electrons. The molecule has 1 aromatic carbocycles. The first kappa shape index (κ1) is 13.0. The summed E-state index contributed by atoms with van der Waals surface area (Å²) in [7, 11) is 0. The summed E-state index contributed by atoms with van der Waals surface area (Å²) in [5.41, 5.74) is 1.93. The molecule has 2 rings (SSSR count). The van der Waals surface area contributed by atoms with Crippen LogP contribution < -0.4 is 0 Å².